The lowest BCUT2D eigenvalue weighted by molar-refractivity contribution is -0.0742. The first-order chi connectivity index (χ1) is 7.62. The third kappa shape index (κ3) is 2.74. The first kappa shape index (κ1) is 12.3. The summed E-state index contributed by atoms with van der Waals surface area (Å²) < 4.78 is 11.4. The Morgan fingerprint density at radius 2 is 2.06 bits per heavy atom. The van der Waals surface area contributed by atoms with Crippen LogP contribution in [0.2, 0.25) is 0 Å². The largest absolute Gasteiger partial charge is 0.378 e. The third-order valence-electron chi connectivity index (χ3n) is 3.70. The van der Waals surface area contributed by atoms with Gasteiger partial charge in [0.2, 0.25) is 0 Å². The van der Waals surface area contributed by atoms with Crippen molar-refractivity contribution in [1.29, 1.82) is 0 Å². The first-order valence-corrected chi connectivity index (χ1v) is 6.30. The van der Waals surface area contributed by atoms with Crippen molar-refractivity contribution in [2.45, 2.75) is 44.4 Å². The minimum Gasteiger partial charge on any atom is -0.378 e. The maximum Gasteiger partial charge on any atom is 0.0707 e. The molecule has 2 saturated heterocycles. The van der Waals surface area contributed by atoms with Crippen LogP contribution in [0.15, 0.2) is 0 Å². The number of morpholine rings is 1. The Labute approximate surface area is 98.1 Å². The molecule has 16 heavy (non-hydrogen) atoms. The standard InChI is InChI=1S/C12H24N2O2/c1-12(2)9-15-6-5-14(12)8-11-4-3-10(7-13)16-11/h10-11H,3-9,13H2,1-2H3. The van der Waals surface area contributed by atoms with Gasteiger partial charge in [0.05, 0.1) is 25.4 Å². The summed E-state index contributed by atoms with van der Waals surface area (Å²) >= 11 is 0. The van der Waals surface area contributed by atoms with Gasteiger partial charge in [-0.15, -0.1) is 0 Å². The maximum atomic E-state index is 5.90. The summed E-state index contributed by atoms with van der Waals surface area (Å²) in [5, 5.41) is 0. The van der Waals surface area contributed by atoms with Crippen LogP contribution in [0.5, 0.6) is 0 Å². The highest BCUT2D eigenvalue weighted by Gasteiger charge is 2.34. The van der Waals surface area contributed by atoms with Gasteiger partial charge in [-0.3, -0.25) is 4.90 Å². The van der Waals surface area contributed by atoms with E-state index >= 15 is 0 Å². The highest BCUT2D eigenvalue weighted by Crippen LogP contribution is 2.24. The molecule has 2 heterocycles. The fourth-order valence-corrected chi connectivity index (χ4v) is 2.56. The Morgan fingerprint density at radius 1 is 1.31 bits per heavy atom. The van der Waals surface area contributed by atoms with Crippen LogP contribution in [0.25, 0.3) is 0 Å². The van der Waals surface area contributed by atoms with E-state index in [4.69, 9.17) is 15.2 Å². The summed E-state index contributed by atoms with van der Waals surface area (Å²) in [4.78, 5) is 2.49. The van der Waals surface area contributed by atoms with Crippen molar-refractivity contribution in [2.24, 2.45) is 5.73 Å². The first-order valence-electron chi connectivity index (χ1n) is 6.30. The molecule has 2 atom stereocenters. The summed E-state index contributed by atoms with van der Waals surface area (Å²) in [6.07, 6.45) is 2.92. The fraction of sp³-hybridized carbons (Fsp3) is 1.00. The number of nitrogens with two attached hydrogens (primary N) is 1. The van der Waals surface area contributed by atoms with Crippen LogP contribution in [0.3, 0.4) is 0 Å². The van der Waals surface area contributed by atoms with E-state index in [-0.39, 0.29) is 11.6 Å². The number of hydrogen-bond acceptors (Lipinski definition) is 4. The van der Waals surface area contributed by atoms with Gasteiger partial charge in [-0.05, 0) is 26.7 Å². The average Bonchev–Trinajstić information content (AvgIpc) is 2.69. The van der Waals surface area contributed by atoms with Crippen LogP contribution in [0.4, 0.5) is 0 Å². The number of ether oxygens (including phenoxy) is 2. The lowest BCUT2D eigenvalue weighted by atomic mass is 10.0. The highest BCUT2D eigenvalue weighted by atomic mass is 16.5. The van der Waals surface area contributed by atoms with E-state index in [1.54, 1.807) is 0 Å². The summed E-state index contributed by atoms with van der Waals surface area (Å²) in [5.41, 5.74) is 5.77. The molecule has 2 rings (SSSR count). The zero-order valence-electron chi connectivity index (χ0n) is 10.4. The van der Waals surface area contributed by atoms with Gasteiger partial charge in [0.15, 0.2) is 0 Å². The van der Waals surface area contributed by atoms with E-state index in [2.05, 4.69) is 18.7 Å². The molecule has 0 radical (unpaired) electrons. The molecule has 4 nitrogen and oxygen atoms in total. The Morgan fingerprint density at radius 3 is 2.69 bits per heavy atom. The molecular formula is C12H24N2O2. The van der Waals surface area contributed by atoms with Crippen molar-refractivity contribution in [3.8, 4) is 0 Å². The van der Waals surface area contributed by atoms with Gasteiger partial charge >= 0.3 is 0 Å². The maximum absolute atomic E-state index is 5.90. The minimum atomic E-state index is 0.141. The minimum absolute atomic E-state index is 0.141. The van der Waals surface area contributed by atoms with Gasteiger partial charge in [-0.25, -0.2) is 0 Å². The van der Waals surface area contributed by atoms with Crippen LogP contribution in [0.1, 0.15) is 26.7 Å². The molecule has 0 aromatic rings. The van der Waals surface area contributed by atoms with Gasteiger partial charge < -0.3 is 15.2 Å². The van der Waals surface area contributed by atoms with E-state index in [1.807, 2.05) is 0 Å². The van der Waals surface area contributed by atoms with Gasteiger partial charge in [-0.1, -0.05) is 0 Å². The normalized spacial score (nSPS) is 35.4. The van der Waals surface area contributed by atoms with E-state index in [0.717, 1.165) is 39.1 Å². The van der Waals surface area contributed by atoms with Crippen LogP contribution >= 0.6 is 0 Å². The summed E-state index contributed by atoms with van der Waals surface area (Å²) in [5.74, 6) is 0. The highest BCUT2D eigenvalue weighted by molar-refractivity contribution is 4.87. The van der Waals surface area contributed by atoms with Crippen molar-refractivity contribution < 1.29 is 9.47 Å². The third-order valence-corrected chi connectivity index (χ3v) is 3.70. The molecule has 2 aliphatic rings. The average molecular weight is 228 g/mol. The molecule has 0 saturated carbocycles. The van der Waals surface area contributed by atoms with Crippen molar-refractivity contribution >= 4 is 0 Å². The number of nitrogens with zero attached hydrogens (tertiary/aromatic N) is 1. The summed E-state index contributed by atoms with van der Waals surface area (Å²) in [6, 6.07) is 0. The second-order valence-electron chi connectivity index (χ2n) is 5.50. The molecule has 2 fully saturated rings. The van der Waals surface area contributed by atoms with Gasteiger partial charge in [0.1, 0.15) is 0 Å². The molecule has 0 aromatic heterocycles. The molecule has 0 spiro atoms. The van der Waals surface area contributed by atoms with Crippen molar-refractivity contribution in [2.75, 3.05) is 32.8 Å². The fourth-order valence-electron chi connectivity index (χ4n) is 2.56. The Bertz CT molecular complexity index is 233. The van der Waals surface area contributed by atoms with Crippen LogP contribution in [-0.2, 0) is 9.47 Å². The zero-order chi connectivity index (χ0) is 11.6. The number of hydrogen-bond donors (Lipinski definition) is 1. The topological polar surface area (TPSA) is 47.7 Å². The molecule has 4 heteroatoms. The van der Waals surface area contributed by atoms with E-state index in [9.17, 15) is 0 Å². The molecule has 2 unspecified atom stereocenters. The van der Waals surface area contributed by atoms with Gasteiger partial charge in [-0.2, -0.15) is 0 Å². The zero-order valence-corrected chi connectivity index (χ0v) is 10.4. The summed E-state index contributed by atoms with van der Waals surface area (Å²) in [6.45, 7) is 8.83. The molecular weight excluding hydrogens is 204 g/mol. The van der Waals surface area contributed by atoms with E-state index < -0.39 is 0 Å². The van der Waals surface area contributed by atoms with Crippen LogP contribution in [-0.4, -0.2) is 55.5 Å². The monoisotopic (exact) mass is 228 g/mol. The van der Waals surface area contributed by atoms with E-state index in [0.29, 0.717) is 12.6 Å². The Balaban J connectivity index is 1.84. The van der Waals surface area contributed by atoms with Crippen molar-refractivity contribution in [3.63, 3.8) is 0 Å². The molecule has 94 valence electrons. The molecule has 0 amide bonds. The van der Waals surface area contributed by atoms with Crippen LogP contribution < -0.4 is 5.73 Å². The summed E-state index contributed by atoms with van der Waals surface area (Å²) in [7, 11) is 0. The van der Waals surface area contributed by atoms with Crippen molar-refractivity contribution in [1.82, 2.24) is 4.90 Å². The lowest BCUT2D eigenvalue weighted by Crippen LogP contribution is -2.55. The Kier molecular flexibility index (Phi) is 3.85. The predicted octanol–water partition coefficient (Wildman–Crippen LogP) is 0.604. The Hall–Kier alpha value is -0.160. The predicted molar refractivity (Wildman–Crippen MR) is 63.4 cm³/mol. The molecule has 2 aliphatic heterocycles. The lowest BCUT2D eigenvalue weighted by Gasteiger charge is -2.43. The van der Waals surface area contributed by atoms with E-state index in [1.165, 1.54) is 0 Å². The SMILES string of the molecule is CC1(C)COCCN1CC1CCC(CN)O1. The molecule has 2 N–H and O–H groups in total. The smallest absolute Gasteiger partial charge is 0.0707 e. The van der Waals surface area contributed by atoms with Gasteiger partial charge in [0, 0.05) is 25.2 Å². The second-order valence-corrected chi connectivity index (χ2v) is 5.50. The molecule has 0 bridgehead atoms. The van der Waals surface area contributed by atoms with Crippen molar-refractivity contribution in [3.05, 3.63) is 0 Å². The number of rotatable bonds is 3. The second kappa shape index (κ2) is 5.00. The molecule has 0 aliphatic carbocycles. The molecule has 0 aromatic carbocycles. The van der Waals surface area contributed by atoms with Gasteiger partial charge in [0.25, 0.3) is 0 Å². The van der Waals surface area contributed by atoms with Crippen LogP contribution in [0, 0.1) is 0 Å². The quantitative estimate of drug-likeness (QED) is 0.768.